The molecule has 0 saturated heterocycles. The maximum atomic E-state index is 12.6. The van der Waals surface area contributed by atoms with Crippen LogP contribution in [0.2, 0.25) is 5.02 Å². The summed E-state index contributed by atoms with van der Waals surface area (Å²) >= 11 is 5.86. The molecule has 0 heterocycles. The third kappa shape index (κ3) is 2.56. The molecule has 0 amide bonds. The van der Waals surface area contributed by atoms with Crippen molar-refractivity contribution in [2.24, 2.45) is 0 Å². The van der Waals surface area contributed by atoms with Crippen LogP contribution in [0.5, 0.6) is 11.5 Å². The number of rotatable bonds is 4. The summed E-state index contributed by atoms with van der Waals surface area (Å²) in [5, 5.41) is 0.411. The fraction of sp³-hybridized carbons (Fsp3) is 0.133. The van der Waals surface area contributed by atoms with Crippen LogP contribution in [-0.4, -0.2) is 20.0 Å². The molecule has 0 atom stereocenters. The summed E-state index contributed by atoms with van der Waals surface area (Å²) in [4.78, 5) is 12.6. The Morgan fingerprint density at radius 1 is 1.10 bits per heavy atom. The predicted octanol–water partition coefficient (Wildman–Crippen LogP) is 3.17. The monoisotopic (exact) mass is 291 g/mol. The standard InChI is InChI=1S/C15H14ClNO3/c1-19-12-4-3-5-13(20-2)14(12)15(18)9-6-7-10(16)11(17)8-9/h3-8H,17H2,1-2H3. The molecule has 5 heteroatoms. The first-order valence-electron chi connectivity index (χ1n) is 5.89. The highest BCUT2D eigenvalue weighted by Crippen LogP contribution is 2.31. The zero-order chi connectivity index (χ0) is 14.7. The Balaban J connectivity index is 2.55. The summed E-state index contributed by atoms with van der Waals surface area (Å²) < 4.78 is 10.5. The van der Waals surface area contributed by atoms with E-state index in [1.807, 2.05) is 0 Å². The lowest BCUT2D eigenvalue weighted by Gasteiger charge is -2.12. The molecule has 0 unspecified atom stereocenters. The number of methoxy groups -OCH3 is 2. The van der Waals surface area contributed by atoms with E-state index in [1.54, 1.807) is 30.3 Å². The number of hydrogen-bond acceptors (Lipinski definition) is 4. The molecule has 4 nitrogen and oxygen atoms in total. The van der Waals surface area contributed by atoms with Crippen LogP contribution in [0.1, 0.15) is 15.9 Å². The van der Waals surface area contributed by atoms with E-state index >= 15 is 0 Å². The van der Waals surface area contributed by atoms with Crippen molar-refractivity contribution in [3.8, 4) is 11.5 Å². The van der Waals surface area contributed by atoms with Gasteiger partial charge in [-0.3, -0.25) is 4.79 Å². The minimum atomic E-state index is -0.234. The summed E-state index contributed by atoms with van der Waals surface area (Å²) in [6.45, 7) is 0. The zero-order valence-electron chi connectivity index (χ0n) is 11.1. The Hall–Kier alpha value is -2.20. The lowest BCUT2D eigenvalue weighted by molar-refractivity contribution is 0.103. The van der Waals surface area contributed by atoms with E-state index in [0.717, 1.165) is 0 Å². The van der Waals surface area contributed by atoms with Gasteiger partial charge in [-0.15, -0.1) is 0 Å². The van der Waals surface area contributed by atoms with Gasteiger partial charge >= 0.3 is 0 Å². The topological polar surface area (TPSA) is 61.5 Å². The van der Waals surface area contributed by atoms with Crippen molar-refractivity contribution in [2.45, 2.75) is 0 Å². The fourth-order valence-electron chi connectivity index (χ4n) is 1.90. The maximum absolute atomic E-state index is 12.6. The number of hydrogen-bond donors (Lipinski definition) is 1. The second-order valence-corrected chi connectivity index (χ2v) is 4.51. The number of carbonyl (C=O) groups excluding carboxylic acids is 1. The molecule has 0 aromatic heterocycles. The van der Waals surface area contributed by atoms with Crippen molar-refractivity contribution in [1.82, 2.24) is 0 Å². The second-order valence-electron chi connectivity index (χ2n) is 4.10. The van der Waals surface area contributed by atoms with E-state index in [4.69, 9.17) is 26.8 Å². The Labute approximate surface area is 122 Å². The average molecular weight is 292 g/mol. The number of anilines is 1. The van der Waals surface area contributed by atoms with E-state index < -0.39 is 0 Å². The van der Waals surface area contributed by atoms with Crippen LogP contribution in [0.15, 0.2) is 36.4 Å². The number of nitrogen functional groups attached to an aromatic ring is 1. The SMILES string of the molecule is COc1cccc(OC)c1C(=O)c1ccc(Cl)c(N)c1. The Morgan fingerprint density at radius 2 is 1.70 bits per heavy atom. The Kier molecular flexibility index (Phi) is 4.15. The molecule has 2 rings (SSSR count). The van der Waals surface area contributed by atoms with Crippen molar-refractivity contribution in [3.05, 3.63) is 52.5 Å². The van der Waals surface area contributed by atoms with Crippen LogP contribution in [0.3, 0.4) is 0 Å². The first-order chi connectivity index (χ1) is 9.58. The summed E-state index contributed by atoms with van der Waals surface area (Å²) in [5.74, 6) is 0.661. The van der Waals surface area contributed by atoms with Gasteiger partial charge in [0, 0.05) is 5.56 Å². The van der Waals surface area contributed by atoms with E-state index in [1.165, 1.54) is 20.3 Å². The lowest BCUT2D eigenvalue weighted by atomic mass is 10.0. The normalized spacial score (nSPS) is 10.2. The summed E-state index contributed by atoms with van der Waals surface area (Å²) in [5.41, 5.74) is 6.87. The van der Waals surface area contributed by atoms with Gasteiger partial charge in [0.2, 0.25) is 5.78 Å². The predicted molar refractivity (Wildman–Crippen MR) is 78.8 cm³/mol. The second kappa shape index (κ2) is 5.84. The molecule has 2 N–H and O–H groups in total. The van der Waals surface area contributed by atoms with Gasteiger partial charge in [-0.2, -0.15) is 0 Å². The fourth-order valence-corrected chi connectivity index (χ4v) is 2.02. The largest absolute Gasteiger partial charge is 0.496 e. The van der Waals surface area contributed by atoms with Crippen molar-refractivity contribution < 1.29 is 14.3 Å². The van der Waals surface area contributed by atoms with E-state index in [2.05, 4.69) is 0 Å². The van der Waals surface area contributed by atoms with Crippen molar-refractivity contribution >= 4 is 23.1 Å². The van der Waals surface area contributed by atoms with Crippen LogP contribution in [0.25, 0.3) is 0 Å². The van der Waals surface area contributed by atoms with E-state index in [0.29, 0.717) is 33.3 Å². The van der Waals surface area contributed by atoms with Gasteiger partial charge in [0.25, 0.3) is 0 Å². The van der Waals surface area contributed by atoms with Gasteiger partial charge < -0.3 is 15.2 Å². The highest BCUT2D eigenvalue weighted by molar-refractivity contribution is 6.33. The van der Waals surface area contributed by atoms with Crippen molar-refractivity contribution in [1.29, 1.82) is 0 Å². The van der Waals surface area contributed by atoms with Gasteiger partial charge in [0.05, 0.1) is 24.9 Å². The van der Waals surface area contributed by atoms with Gasteiger partial charge in [-0.1, -0.05) is 17.7 Å². The van der Waals surface area contributed by atoms with Gasteiger partial charge in [0.15, 0.2) is 0 Å². The number of benzene rings is 2. The average Bonchev–Trinajstić information content (AvgIpc) is 2.48. The molecule has 0 spiro atoms. The maximum Gasteiger partial charge on any atom is 0.200 e. The third-order valence-corrected chi connectivity index (χ3v) is 3.26. The highest BCUT2D eigenvalue weighted by Gasteiger charge is 2.20. The summed E-state index contributed by atoms with van der Waals surface area (Å²) in [6.07, 6.45) is 0. The van der Waals surface area contributed by atoms with Crippen LogP contribution >= 0.6 is 11.6 Å². The van der Waals surface area contributed by atoms with Crippen LogP contribution < -0.4 is 15.2 Å². The van der Waals surface area contributed by atoms with E-state index in [9.17, 15) is 4.79 Å². The summed E-state index contributed by atoms with van der Waals surface area (Å²) in [7, 11) is 3.00. The molecule has 0 bridgehead atoms. The van der Waals surface area contributed by atoms with Crippen LogP contribution in [0.4, 0.5) is 5.69 Å². The van der Waals surface area contributed by atoms with Gasteiger partial charge in [-0.25, -0.2) is 0 Å². The number of carbonyl (C=O) groups is 1. The third-order valence-electron chi connectivity index (χ3n) is 2.91. The summed E-state index contributed by atoms with van der Waals surface area (Å²) in [6, 6.07) is 9.91. The molecule has 0 fully saturated rings. The zero-order valence-corrected chi connectivity index (χ0v) is 11.9. The van der Waals surface area contributed by atoms with Crippen LogP contribution in [0, 0.1) is 0 Å². The molecule has 2 aromatic carbocycles. The van der Waals surface area contributed by atoms with Crippen molar-refractivity contribution in [2.75, 3.05) is 20.0 Å². The molecule has 0 saturated carbocycles. The molecule has 104 valence electrons. The van der Waals surface area contributed by atoms with Crippen LogP contribution in [-0.2, 0) is 0 Å². The molecule has 20 heavy (non-hydrogen) atoms. The lowest BCUT2D eigenvalue weighted by Crippen LogP contribution is -2.07. The molecule has 0 aliphatic rings. The molecule has 0 aliphatic carbocycles. The number of halogens is 1. The smallest absolute Gasteiger partial charge is 0.200 e. The first-order valence-corrected chi connectivity index (χ1v) is 6.27. The first kappa shape index (κ1) is 14.2. The molecular formula is C15H14ClNO3. The molecular weight excluding hydrogens is 278 g/mol. The number of ether oxygens (including phenoxy) is 2. The molecule has 0 radical (unpaired) electrons. The quantitative estimate of drug-likeness (QED) is 0.694. The van der Waals surface area contributed by atoms with E-state index in [-0.39, 0.29) is 5.78 Å². The highest BCUT2D eigenvalue weighted by atomic mass is 35.5. The molecule has 2 aromatic rings. The Morgan fingerprint density at radius 3 is 2.20 bits per heavy atom. The van der Waals surface area contributed by atoms with Crippen molar-refractivity contribution in [3.63, 3.8) is 0 Å². The number of nitrogens with two attached hydrogens (primary N) is 1. The number of ketones is 1. The molecule has 0 aliphatic heterocycles. The van der Waals surface area contributed by atoms with Gasteiger partial charge in [0.1, 0.15) is 17.1 Å². The minimum Gasteiger partial charge on any atom is -0.496 e. The Bertz CT molecular complexity index is 633. The van der Waals surface area contributed by atoms with Gasteiger partial charge in [-0.05, 0) is 30.3 Å². The minimum absolute atomic E-state index is 0.234.